The van der Waals surface area contributed by atoms with Gasteiger partial charge >= 0.3 is 5.97 Å². The number of carboxylic acids is 1. The van der Waals surface area contributed by atoms with Gasteiger partial charge in [-0.05, 0) is 0 Å². The molecule has 96 valence electrons. The van der Waals surface area contributed by atoms with Crippen molar-refractivity contribution in [2.24, 2.45) is 0 Å². The van der Waals surface area contributed by atoms with E-state index in [9.17, 15) is 19.2 Å². The third-order valence-corrected chi connectivity index (χ3v) is 1.68. The molecule has 0 aliphatic carbocycles. The topological polar surface area (TPSA) is 125 Å². The van der Waals surface area contributed by atoms with Crippen LogP contribution in [0.1, 0.15) is 20.3 Å². The number of carboxylic acid groups (broad SMARTS) is 1. The molecular weight excluding hydrogens is 230 g/mol. The molecule has 0 radical (unpaired) electrons. The number of carbonyl (C=O) groups is 4. The van der Waals surface area contributed by atoms with Crippen molar-refractivity contribution in [2.75, 3.05) is 6.67 Å². The first kappa shape index (κ1) is 15.0. The number of rotatable bonds is 6. The second-order valence-corrected chi connectivity index (χ2v) is 3.31. The van der Waals surface area contributed by atoms with Crippen molar-refractivity contribution in [3.63, 3.8) is 0 Å². The van der Waals surface area contributed by atoms with Crippen LogP contribution in [0.25, 0.3) is 0 Å². The van der Waals surface area contributed by atoms with E-state index in [1.807, 2.05) is 5.32 Å². The number of nitrogens with one attached hydrogen (secondary N) is 3. The number of amides is 3. The Morgan fingerprint density at radius 3 is 2.12 bits per heavy atom. The van der Waals surface area contributed by atoms with Crippen molar-refractivity contribution in [1.29, 1.82) is 0 Å². The average molecular weight is 245 g/mol. The summed E-state index contributed by atoms with van der Waals surface area (Å²) in [7, 11) is 0. The first-order valence-electron chi connectivity index (χ1n) is 4.84. The maximum absolute atomic E-state index is 11.4. The van der Waals surface area contributed by atoms with Crippen molar-refractivity contribution < 1.29 is 24.3 Å². The van der Waals surface area contributed by atoms with Crippen LogP contribution in [-0.2, 0) is 19.2 Å². The highest BCUT2D eigenvalue weighted by atomic mass is 16.4. The minimum absolute atomic E-state index is 0.0569. The van der Waals surface area contributed by atoms with Crippen LogP contribution in [0, 0.1) is 0 Å². The molecule has 0 heterocycles. The number of carbonyl (C=O) groups excluding carboxylic acids is 3. The predicted octanol–water partition coefficient (Wildman–Crippen LogP) is -1.82. The molecule has 0 unspecified atom stereocenters. The second-order valence-electron chi connectivity index (χ2n) is 3.31. The summed E-state index contributed by atoms with van der Waals surface area (Å²) in [5.41, 5.74) is 0. The SMILES string of the molecule is CC(=O)NCN[C@@H](CC(=O)O)C(=O)NC(C)=O. The maximum atomic E-state index is 11.4. The summed E-state index contributed by atoms with van der Waals surface area (Å²) in [6.45, 7) is 2.37. The van der Waals surface area contributed by atoms with E-state index in [0.29, 0.717) is 0 Å². The number of imide groups is 1. The normalized spacial score (nSPS) is 11.4. The highest BCUT2D eigenvalue weighted by Gasteiger charge is 2.21. The summed E-state index contributed by atoms with van der Waals surface area (Å²) < 4.78 is 0. The summed E-state index contributed by atoms with van der Waals surface area (Å²) in [4.78, 5) is 43.1. The van der Waals surface area contributed by atoms with Gasteiger partial charge in [0, 0.05) is 13.8 Å². The van der Waals surface area contributed by atoms with Crippen LogP contribution < -0.4 is 16.0 Å². The van der Waals surface area contributed by atoms with E-state index in [1.165, 1.54) is 6.92 Å². The summed E-state index contributed by atoms with van der Waals surface area (Å²) in [5, 5.41) is 15.4. The van der Waals surface area contributed by atoms with E-state index < -0.39 is 30.2 Å². The van der Waals surface area contributed by atoms with E-state index in [0.717, 1.165) is 6.92 Å². The van der Waals surface area contributed by atoms with Gasteiger partial charge in [-0.15, -0.1) is 0 Å². The Hall–Kier alpha value is -1.96. The van der Waals surface area contributed by atoms with Gasteiger partial charge in [0.25, 0.3) is 0 Å². The maximum Gasteiger partial charge on any atom is 0.305 e. The molecule has 0 saturated carbocycles. The van der Waals surface area contributed by atoms with Crippen molar-refractivity contribution in [2.45, 2.75) is 26.3 Å². The fourth-order valence-electron chi connectivity index (χ4n) is 0.991. The summed E-state index contributed by atoms with van der Waals surface area (Å²) in [6, 6.07) is -1.08. The van der Waals surface area contributed by atoms with Gasteiger partial charge in [0.1, 0.15) is 0 Å². The van der Waals surface area contributed by atoms with Gasteiger partial charge < -0.3 is 10.4 Å². The van der Waals surface area contributed by atoms with Gasteiger partial charge in [-0.1, -0.05) is 0 Å². The Morgan fingerprint density at radius 2 is 1.71 bits per heavy atom. The third kappa shape index (κ3) is 7.91. The van der Waals surface area contributed by atoms with Gasteiger partial charge in [0.05, 0.1) is 19.1 Å². The van der Waals surface area contributed by atoms with E-state index in [1.54, 1.807) is 0 Å². The first-order valence-corrected chi connectivity index (χ1v) is 4.84. The van der Waals surface area contributed by atoms with Crippen molar-refractivity contribution in [3.05, 3.63) is 0 Å². The number of hydrogen-bond donors (Lipinski definition) is 4. The van der Waals surface area contributed by atoms with Crippen LogP contribution >= 0.6 is 0 Å². The molecule has 3 amide bonds. The van der Waals surface area contributed by atoms with E-state index in [4.69, 9.17) is 5.11 Å². The zero-order valence-electron chi connectivity index (χ0n) is 9.57. The Morgan fingerprint density at radius 1 is 1.12 bits per heavy atom. The van der Waals surface area contributed by atoms with Crippen LogP contribution in [-0.4, -0.2) is 41.5 Å². The summed E-state index contributed by atoms with van der Waals surface area (Å²) >= 11 is 0. The second kappa shape index (κ2) is 7.34. The predicted molar refractivity (Wildman–Crippen MR) is 56.7 cm³/mol. The van der Waals surface area contributed by atoms with Crippen LogP contribution in [0.4, 0.5) is 0 Å². The van der Waals surface area contributed by atoms with Crippen LogP contribution in [0.2, 0.25) is 0 Å². The third-order valence-electron chi connectivity index (χ3n) is 1.68. The quantitative estimate of drug-likeness (QED) is 0.408. The minimum atomic E-state index is -1.19. The standard InChI is InChI=1S/C9H15N3O5/c1-5(13)10-4-11-7(3-8(15)16)9(17)12-6(2)14/h7,11H,3-4H2,1-2H3,(H,10,13)(H,15,16)(H,12,14,17)/t7-/m0/s1. The summed E-state index contributed by atoms with van der Waals surface area (Å²) in [6.07, 6.45) is -0.487. The number of aliphatic carboxylic acids is 1. The minimum Gasteiger partial charge on any atom is -0.481 e. The molecule has 4 N–H and O–H groups in total. The van der Waals surface area contributed by atoms with E-state index >= 15 is 0 Å². The molecule has 0 aliphatic rings. The molecule has 0 fully saturated rings. The molecule has 0 spiro atoms. The molecule has 17 heavy (non-hydrogen) atoms. The number of hydrogen-bond acceptors (Lipinski definition) is 5. The Kier molecular flexibility index (Phi) is 6.49. The van der Waals surface area contributed by atoms with Gasteiger partial charge in [0.15, 0.2) is 0 Å². The Labute approximate surface area is 97.7 Å². The largest absolute Gasteiger partial charge is 0.481 e. The monoisotopic (exact) mass is 245 g/mol. The molecule has 8 heteroatoms. The molecule has 0 aromatic heterocycles. The molecular formula is C9H15N3O5. The molecule has 0 aromatic carbocycles. The molecule has 0 aromatic rings. The molecule has 0 bridgehead atoms. The Balaban J connectivity index is 4.31. The fraction of sp³-hybridized carbons (Fsp3) is 0.556. The van der Waals surface area contributed by atoms with Crippen LogP contribution in [0.15, 0.2) is 0 Å². The van der Waals surface area contributed by atoms with Crippen LogP contribution in [0.3, 0.4) is 0 Å². The van der Waals surface area contributed by atoms with Gasteiger partial charge in [-0.25, -0.2) is 0 Å². The first-order chi connectivity index (χ1) is 7.82. The zero-order valence-corrected chi connectivity index (χ0v) is 9.57. The molecule has 1 atom stereocenters. The van der Waals surface area contributed by atoms with Gasteiger partial charge in [-0.2, -0.15) is 0 Å². The van der Waals surface area contributed by atoms with Crippen molar-refractivity contribution >= 4 is 23.7 Å². The van der Waals surface area contributed by atoms with Crippen LogP contribution in [0.5, 0.6) is 0 Å². The lowest BCUT2D eigenvalue weighted by Gasteiger charge is -2.15. The highest BCUT2D eigenvalue weighted by Crippen LogP contribution is 1.92. The van der Waals surface area contributed by atoms with Gasteiger partial charge in [-0.3, -0.25) is 29.8 Å². The van der Waals surface area contributed by atoms with Gasteiger partial charge in [0.2, 0.25) is 17.7 Å². The molecule has 0 aliphatic heterocycles. The molecule has 0 rings (SSSR count). The zero-order chi connectivity index (χ0) is 13.4. The Bertz CT molecular complexity index is 329. The lowest BCUT2D eigenvalue weighted by Crippen LogP contribution is -2.49. The average Bonchev–Trinajstić information content (AvgIpc) is 2.13. The fourth-order valence-corrected chi connectivity index (χ4v) is 0.991. The van der Waals surface area contributed by atoms with E-state index in [-0.39, 0.29) is 12.6 Å². The van der Waals surface area contributed by atoms with Crippen molar-refractivity contribution in [3.8, 4) is 0 Å². The molecule has 0 saturated heterocycles. The summed E-state index contributed by atoms with van der Waals surface area (Å²) in [5.74, 6) is -2.83. The highest BCUT2D eigenvalue weighted by molar-refractivity contribution is 5.98. The van der Waals surface area contributed by atoms with E-state index in [2.05, 4.69) is 10.6 Å². The molecule has 8 nitrogen and oxygen atoms in total. The smallest absolute Gasteiger partial charge is 0.305 e. The lowest BCUT2D eigenvalue weighted by molar-refractivity contribution is -0.141. The lowest BCUT2D eigenvalue weighted by atomic mass is 10.2. The van der Waals surface area contributed by atoms with Crippen molar-refractivity contribution in [1.82, 2.24) is 16.0 Å².